The van der Waals surface area contributed by atoms with E-state index in [0.717, 1.165) is 12.1 Å². The van der Waals surface area contributed by atoms with E-state index >= 15 is 0 Å². The molecule has 0 aliphatic carbocycles. The summed E-state index contributed by atoms with van der Waals surface area (Å²) in [6.45, 7) is 5.08. The number of hydrogen-bond acceptors (Lipinski definition) is 4. The lowest BCUT2D eigenvalue weighted by molar-refractivity contribution is 0.953. The van der Waals surface area contributed by atoms with Crippen molar-refractivity contribution in [3.63, 3.8) is 0 Å². The second kappa shape index (κ2) is 5.94. The van der Waals surface area contributed by atoms with Crippen molar-refractivity contribution in [3.8, 4) is 0 Å². The highest BCUT2D eigenvalue weighted by atomic mass is 32.2. The van der Waals surface area contributed by atoms with Crippen molar-refractivity contribution in [3.05, 3.63) is 24.3 Å². The van der Waals surface area contributed by atoms with Crippen LogP contribution in [0.15, 0.2) is 34.2 Å². The van der Waals surface area contributed by atoms with Crippen LogP contribution in [0.25, 0.3) is 0 Å². The van der Waals surface area contributed by atoms with E-state index in [1.54, 1.807) is 0 Å². The normalized spacial score (nSPS) is 20.6. The Bertz CT molecular complexity index is 418. The van der Waals surface area contributed by atoms with Crippen LogP contribution in [0.1, 0.15) is 20.3 Å². The molecule has 0 bridgehead atoms. The van der Waals surface area contributed by atoms with Gasteiger partial charge in [0.2, 0.25) is 0 Å². The molecule has 0 aromatic heterocycles. The van der Waals surface area contributed by atoms with E-state index in [1.807, 2.05) is 29.6 Å². The van der Waals surface area contributed by atoms with Gasteiger partial charge < -0.3 is 5.73 Å². The van der Waals surface area contributed by atoms with Crippen LogP contribution in [-0.2, 0) is 0 Å². The van der Waals surface area contributed by atoms with Crippen molar-refractivity contribution in [2.24, 2.45) is 10.7 Å². The van der Waals surface area contributed by atoms with E-state index in [9.17, 15) is 0 Å². The second-order valence-corrected chi connectivity index (χ2v) is 6.80. The van der Waals surface area contributed by atoms with Crippen molar-refractivity contribution >= 4 is 34.3 Å². The molecule has 17 heavy (non-hydrogen) atoms. The van der Waals surface area contributed by atoms with Crippen LogP contribution in [-0.4, -0.2) is 22.1 Å². The lowest BCUT2D eigenvalue weighted by atomic mass is 10.3. The molecule has 0 saturated heterocycles. The maximum absolute atomic E-state index is 5.69. The molecule has 1 aromatic rings. The van der Waals surface area contributed by atoms with Crippen LogP contribution in [0, 0.1) is 0 Å². The average molecular weight is 266 g/mol. The quantitative estimate of drug-likeness (QED) is 0.907. The number of hydrogen-bond donors (Lipinski definition) is 1. The van der Waals surface area contributed by atoms with Crippen LogP contribution >= 0.6 is 23.5 Å². The molecule has 2 nitrogen and oxygen atoms in total. The third-order valence-electron chi connectivity index (χ3n) is 2.67. The van der Waals surface area contributed by atoms with Crippen molar-refractivity contribution in [2.45, 2.75) is 35.7 Å². The van der Waals surface area contributed by atoms with Gasteiger partial charge in [-0.25, -0.2) is 4.99 Å². The molecule has 1 aliphatic rings. The summed E-state index contributed by atoms with van der Waals surface area (Å²) < 4.78 is 0. The molecular formula is C13H18N2S2. The Hall–Kier alpha value is -0.450. The average Bonchev–Trinajstić information content (AvgIpc) is 2.37. The zero-order valence-corrected chi connectivity index (χ0v) is 11.9. The molecule has 0 radical (unpaired) electrons. The topological polar surface area (TPSA) is 38.4 Å². The van der Waals surface area contributed by atoms with Crippen molar-refractivity contribution in [1.82, 2.24) is 0 Å². The van der Waals surface area contributed by atoms with Gasteiger partial charge in [-0.05, 0) is 18.6 Å². The highest BCUT2D eigenvalue weighted by Gasteiger charge is 2.23. The summed E-state index contributed by atoms with van der Waals surface area (Å²) in [6, 6.07) is 8.36. The van der Waals surface area contributed by atoms with Gasteiger partial charge in [0.05, 0.1) is 16.0 Å². The van der Waals surface area contributed by atoms with Gasteiger partial charge in [0.25, 0.3) is 0 Å². The molecule has 0 spiro atoms. The van der Waals surface area contributed by atoms with Crippen LogP contribution in [0.5, 0.6) is 0 Å². The first-order chi connectivity index (χ1) is 8.24. The number of para-hydroxylation sites is 1. The summed E-state index contributed by atoms with van der Waals surface area (Å²) in [5.74, 6) is 0. The number of nitrogens with two attached hydrogens (primary N) is 1. The predicted molar refractivity (Wildman–Crippen MR) is 79.6 cm³/mol. The Balaban J connectivity index is 2.25. The Kier molecular flexibility index (Phi) is 4.54. The summed E-state index contributed by atoms with van der Waals surface area (Å²) in [6.07, 6.45) is 1.11. The molecule has 0 saturated carbocycles. The van der Waals surface area contributed by atoms with E-state index in [1.165, 1.54) is 9.94 Å². The van der Waals surface area contributed by atoms with Crippen LogP contribution in [0.4, 0.5) is 5.69 Å². The fourth-order valence-electron chi connectivity index (χ4n) is 1.66. The molecular weight excluding hydrogens is 248 g/mol. The molecule has 2 N–H and O–H groups in total. The number of fused-ring (bicyclic) bond motifs is 1. The van der Waals surface area contributed by atoms with Gasteiger partial charge in [-0.15, -0.1) is 23.5 Å². The Morgan fingerprint density at radius 3 is 2.94 bits per heavy atom. The highest BCUT2D eigenvalue weighted by molar-refractivity contribution is 8.17. The molecule has 0 fully saturated rings. The van der Waals surface area contributed by atoms with Gasteiger partial charge >= 0.3 is 0 Å². The minimum Gasteiger partial charge on any atom is -0.329 e. The number of nitrogens with zero attached hydrogens (tertiary/aromatic N) is 1. The minimum absolute atomic E-state index is 0.439. The van der Waals surface area contributed by atoms with E-state index in [0.29, 0.717) is 17.0 Å². The number of aliphatic imine (C=N–C) groups is 1. The summed E-state index contributed by atoms with van der Waals surface area (Å²) in [7, 11) is 0. The van der Waals surface area contributed by atoms with Gasteiger partial charge in [-0.2, -0.15) is 0 Å². The summed E-state index contributed by atoms with van der Waals surface area (Å²) in [5, 5.41) is 2.16. The fraction of sp³-hybridized carbons (Fsp3) is 0.462. The lowest BCUT2D eigenvalue weighted by Gasteiger charge is -2.24. The first kappa shape index (κ1) is 13.0. The molecule has 1 heterocycles. The molecule has 2 atom stereocenters. The second-order valence-electron chi connectivity index (χ2n) is 4.10. The van der Waals surface area contributed by atoms with Gasteiger partial charge in [0.1, 0.15) is 0 Å². The minimum atomic E-state index is 0.439. The smallest absolute Gasteiger partial charge is 0.0876 e. The summed E-state index contributed by atoms with van der Waals surface area (Å²) in [4.78, 5) is 6.08. The van der Waals surface area contributed by atoms with E-state index in [2.05, 4.69) is 32.0 Å². The zero-order chi connectivity index (χ0) is 12.3. The van der Waals surface area contributed by atoms with Gasteiger partial charge in [0, 0.05) is 16.7 Å². The SMILES string of the molecule is CCC1Sc2ccccc2N=C1SC(C)CN. The number of rotatable bonds is 3. The molecule has 0 amide bonds. The molecule has 4 heteroatoms. The predicted octanol–water partition coefficient (Wildman–Crippen LogP) is 3.68. The van der Waals surface area contributed by atoms with Crippen molar-refractivity contribution in [1.29, 1.82) is 0 Å². The van der Waals surface area contributed by atoms with Crippen LogP contribution < -0.4 is 5.73 Å². The molecule has 2 unspecified atom stereocenters. The Labute approximate surface area is 111 Å². The zero-order valence-electron chi connectivity index (χ0n) is 10.2. The monoisotopic (exact) mass is 266 g/mol. The van der Waals surface area contributed by atoms with Crippen LogP contribution in [0.3, 0.4) is 0 Å². The van der Waals surface area contributed by atoms with E-state index in [-0.39, 0.29) is 0 Å². The first-order valence-corrected chi connectivity index (χ1v) is 7.71. The molecule has 1 aliphatic heterocycles. The van der Waals surface area contributed by atoms with Crippen molar-refractivity contribution in [2.75, 3.05) is 6.54 Å². The fourth-order valence-corrected chi connectivity index (χ4v) is 3.97. The van der Waals surface area contributed by atoms with E-state index in [4.69, 9.17) is 10.7 Å². The molecule has 1 aromatic carbocycles. The first-order valence-electron chi connectivity index (χ1n) is 5.95. The van der Waals surface area contributed by atoms with Crippen molar-refractivity contribution < 1.29 is 0 Å². The van der Waals surface area contributed by atoms with Gasteiger partial charge in [0.15, 0.2) is 0 Å². The maximum atomic E-state index is 5.69. The Morgan fingerprint density at radius 1 is 1.47 bits per heavy atom. The maximum Gasteiger partial charge on any atom is 0.0876 e. The number of thioether (sulfide) groups is 2. The summed E-state index contributed by atoms with van der Waals surface area (Å²) in [5.41, 5.74) is 6.79. The third kappa shape index (κ3) is 3.06. The third-order valence-corrected chi connectivity index (χ3v) is 5.47. The highest BCUT2D eigenvalue weighted by Crippen LogP contribution is 2.41. The molecule has 2 rings (SSSR count). The number of benzene rings is 1. The lowest BCUT2D eigenvalue weighted by Crippen LogP contribution is -2.21. The summed E-state index contributed by atoms with van der Waals surface area (Å²) >= 11 is 3.75. The van der Waals surface area contributed by atoms with Gasteiger partial charge in [-0.1, -0.05) is 26.0 Å². The standard InChI is InChI=1S/C13H18N2S2/c1-3-11-13(16-9(2)8-14)15-10-6-4-5-7-12(10)17-11/h4-7,9,11H,3,8,14H2,1-2H3. The largest absolute Gasteiger partial charge is 0.329 e. The van der Waals surface area contributed by atoms with E-state index < -0.39 is 0 Å². The molecule has 92 valence electrons. The van der Waals surface area contributed by atoms with Crippen LogP contribution in [0.2, 0.25) is 0 Å². The van der Waals surface area contributed by atoms with Gasteiger partial charge in [-0.3, -0.25) is 0 Å². The Morgan fingerprint density at radius 2 is 2.24 bits per heavy atom.